The molecule has 0 bridgehead atoms. The Kier molecular flexibility index (Phi) is 20.7. The molecule has 3 aromatic rings. The van der Waals surface area contributed by atoms with E-state index in [0.717, 1.165) is 17.9 Å². The number of carbonyl (C=O) groups is 3. The lowest BCUT2D eigenvalue weighted by atomic mass is 9.93. The number of halogens is 1. The van der Waals surface area contributed by atoms with Gasteiger partial charge in [0.05, 0.1) is 23.7 Å². The normalized spacial score (nSPS) is 13.1. The molecule has 0 fully saturated rings. The maximum absolute atomic E-state index is 13.2. The van der Waals surface area contributed by atoms with Gasteiger partial charge >= 0.3 is 11.9 Å². The van der Waals surface area contributed by atoms with Crippen molar-refractivity contribution in [3.63, 3.8) is 0 Å². The minimum atomic E-state index is -0.600. The third-order valence-electron chi connectivity index (χ3n) is 8.44. The fourth-order valence-corrected chi connectivity index (χ4v) is 5.02. The fraction of sp³-hybridized carbons (Fsp3) is 0.553. The van der Waals surface area contributed by atoms with E-state index in [4.69, 9.17) is 26.1 Å². The van der Waals surface area contributed by atoms with Crippen LogP contribution in [0.5, 0.6) is 0 Å². The maximum Gasteiger partial charge on any atom is 0.309 e. The zero-order valence-corrected chi connectivity index (χ0v) is 33.0. The van der Waals surface area contributed by atoms with E-state index in [9.17, 15) is 14.4 Å². The van der Waals surface area contributed by atoms with Crippen LogP contribution in [0.25, 0.3) is 11.3 Å². The number of benzene rings is 1. The molecule has 0 aliphatic carbocycles. The number of ether oxygens (including phenoxy) is 2. The van der Waals surface area contributed by atoms with Gasteiger partial charge in [-0.2, -0.15) is 0 Å². The molecule has 0 radical (unpaired) electrons. The number of carbonyl (C=O) groups excluding carboxylic acids is 3. The summed E-state index contributed by atoms with van der Waals surface area (Å²) in [6, 6.07) is 8.60. The lowest BCUT2D eigenvalue weighted by Crippen LogP contribution is -2.32. The summed E-state index contributed by atoms with van der Waals surface area (Å²) >= 11 is 6.14. The van der Waals surface area contributed by atoms with Gasteiger partial charge in [-0.25, -0.2) is 9.97 Å². The van der Waals surface area contributed by atoms with Crippen LogP contribution in [-0.4, -0.2) is 72.2 Å². The molecule has 1 unspecified atom stereocenters. The summed E-state index contributed by atoms with van der Waals surface area (Å²) < 4.78 is 10.8. The van der Waals surface area contributed by atoms with E-state index >= 15 is 0 Å². The van der Waals surface area contributed by atoms with Crippen LogP contribution in [0, 0.1) is 24.7 Å². The number of amides is 1. The molecular weight excluding hydrogens is 670 g/mol. The molecule has 0 saturated carbocycles. The van der Waals surface area contributed by atoms with Crippen LogP contribution in [0.3, 0.4) is 0 Å². The number of hydrogen-bond donors (Lipinski definition) is 5. The van der Waals surface area contributed by atoms with Gasteiger partial charge in [-0.05, 0) is 81.9 Å². The highest BCUT2D eigenvalue weighted by Gasteiger charge is 2.23. The average Bonchev–Trinajstić information content (AvgIpc) is 3.60. The van der Waals surface area contributed by atoms with Crippen molar-refractivity contribution in [1.29, 1.82) is 0 Å². The summed E-state index contributed by atoms with van der Waals surface area (Å²) in [7, 11) is 3.49. The minimum Gasteiger partial charge on any atom is -0.463 e. The second-order valence-corrected chi connectivity index (χ2v) is 13.3. The molecule has 0 aliphatic heterocycles. The number of rotatable bonds is 16. The molecule has 3 rings (SSSR count). The van der Waals surface area contributed by atoms with Crippen LogP contribution in [0.2, 0.25) is 5.02 Å². The number of anilines is 1. The molecule has 1 aromatic carbocycles. The summed E-state index contributed by atoms with van der Waals surface area (Å²) in [4.78, 5) is 49.2. The van der Waals surface area contributed by atoms with Crippen LogP contribution in [0.1, 0.15) is 95.9 Å². The molecule has 2 heterocycles. The van der Waals surface area contributed by atoms with Crippen LogP contribution < -0.4 is 21.7 Å². The van der Waals surface area contributed by atoms with E-state index in [1.807, 2.05) is 41.7 Å². The van der Waals surface area contributed by atoms with Crippen LogP contribution >= 0.6 is 11.6 Å². The first-order valence-corrected chi connectivity index (χ1v) is 18.0. The van der Waals surface area contributed by atoms with Gasteiger partial charge < -0.3 is 36.1 Å². The number of hydrogen-bond acceptors (Lipinski definition) is 10. The number of nitrogens with two attached hydrogens (primary N) is 1. The molecule has 4 atom stereocenters. The highest BCUT2D eigenvalue weighted by molar-refractivity contribution is 6.30. The summed E-state index contributed by atoms with van der Waals surface area (Å²) in [5, 5.41) is 9.84. The summed E-state index contributed by atoms with van der Waals surface area (Å²) in [5.74, 6) is 0.195. The molecule has 0 saturated heterocycles. The Morgan fingerprint density at radius 2 is 1.67 bits per heavy atom. The molecule has 284 valence electrons. The van der Waals surface area contributed by atoms with E-state index in [1.54, 1.807) is 42.7 Å². The number of nitrogens with one attached hydrogen (secondary N) is 4. The highest BCUT2D eigenvalue weighted by atomic mass is 35.5. The van der Waals surface area contributed by atoms with Gasteiger partial charge in [0.15, 0.2) is 0 Å². The Bertz CT molecular complexity index is 1500. The van der Waals surface area contributed by atoms with Crippen molar-refractivity contribution in [3.8, 4) is 11.3 Å². The fourth-order valence-electron chi connectivity index (χ4n) is 4.82. The predicted molar refractivity (Wildman–Crippen MR) is 206 cm³/mol. The molecule has 12 nitrogen and oxygen atoms in total. The van der Waals surface area contributed by atoms with Gasteiger partial charge in [0.2, 0.25) is 5.95 Å². The van der Waals surface area contributed by atoms with Gasteiger partial charge in [-0.15, -0.1) is 0 Å². The first-order chi connectivity index (χ1) is 24.2. The third-order valence-corrected chi connectivity index (χ3v) is 8.67. The van der Waals surface area contributed by atoms with Gasteiger partial charge in [0, 0.05) is 35.9 Å². The molecule has 0 aliphatic rings. The number of H-pyrrole nitrogens is 1. The van der Waals surface area contributed by atoms with Gasteiger partial charge in [0.25, 0.3) is 5.91 Å². The second-order valence-electron chi connectivity index (χ2n) is 12.9. The van der Waals surface area contributed by atoms with Gasteiger partial charge in [-0.1, -0.05) is 65.3 Å². The van der Waals surface area contributed by atoms with Crippen molar-refractivity contribution in [1.82, 2.24) is 25.6 Å². The van der Waals surface area contributed by atoms with Crippen LogP contribution in [0.4, 0.5) is 5.95 Å². The molecule has 13 heteroatoms. The Morgan fingerprint density at radius 1 is 0.980 bits per heavy atom. The first-order valence-electron chi connectivity index (χ1n) is 17.6. The van der Waals surface area contributed by atoms with E-state index in [0.29, 0.717) is 45.9 Å². The molecule has 2 aromatic heterocycles. The van der Waals surface area contributed by atoms with Crippen LogP contribution in [0.15, 0.2) is 42.7 Å². The summed E-state index contributed by atoms with van der Waals surface area (Å²) in [6.45, 7) is 18.0. The van der Waals surface area contributed by atoms with E-state index in [2.05, 4.69) is 52.4 Å². The zero-order valence-electron chi connectivity index (χ0n) is 32.2. The SMILES string of the molecule is CCC(C(=O)OC[C@@H](CC)Nc1ncc(C)c(-c2c[nH]c(C(=O)N[C@H](COC(C)=O)c3cccc(Cl)c3)c2)n1)C(C)C.CN.CN[C@H](C)C(C)C. The topological polar surface area (TPSA) is 173 Å². The zero-order chi connectivity index (χ0) is 38.7. The smallest absolute Gasteiger partial charge is 0.309 e. The third kappa shape index (κ3) is 15.4. The quantitative estimate of drug-likeness (QED) is 0.0998. The number of aryl methyl sites for hydroxylation is 1. The monoisotopic (exact) mass is 729 g/mol. The number of aromatic amines is 1. The Morgan fingerprint density at radius 3 is 2.20 bits per heavy atom. The maximum atomic E-state index is 13.2. The minimum absolute atomic E-state index is 0.0422. The Hall–Kier alpha value is -4.00. The van der Waals surface area contributed by atoms with Crippen molar-refractivity contribution in [2.45, 2.75) is 93.3 Å². The van der Waals surface area contributed by atoms with Crippen molar-refractivity contribution >= 4 is 35.4 Å². The van der Waals surface area contributed by atoms with E-state index < -0.39 is 12.0 Å². The summed E-state index contributed by atoms with van der Waals surface area (Å²) in [6.07, 6.45) is 4.84. The number of nitrogens with zero attached hydrogens (tertiary/aromatic N) is 2. The molecule has 1 amide bonds. The van der Waals surface area contributed by atoms with Crippen molar-refractivity contribution in [2.24, 2.45) is 23.5 Å². The van der Waals surface area contributed by atoms with E-state index in [-0.39, 0.29) is 43.0 Å². The Labute approximate surface area is 309 Å². The molecular formula is C38H60ClN7O5. The van der Waals surface area contributed by atoms with Crippen molar-refractivity contribution < 1.29 is 23.9 Å². The lowest BCUT2D eigenvalue weighted by molar-refractivity contribution is -0.150. The van der Waals surface area contributed by atoms with Crippen molar-refractivity contribution in [3.05, 3.63) is 64.6 Å². The van der Waals surface area contributed by atoms with Gasteiger partial charge in [-0.3, -0.25) is 14.4 Å². The molecule has 6 N–H and O–H groups in total. The number of esters is 2. The molecule has 0 spiro atoms. The van der Waals surface area contributed by atoms with Crippen molar-refractivity contribution in [2.75, 3.05) is 32.6 Å². The lowest BCUT2D eigenvalue weighted by Gasteiger charge is -2.21. The molecule has 51 heavy (non-hydrogen) atoms. The second kappa shape index (κ2) is 23.5. The van der Waals surface area contributed by atoms with E-state index in [1.165, 1.54) is 14.0 Å². The first kappa shape index (κ1) is 45.0. The largest absolute Gasteiger partial charge is 0.463 e. The van der Waals surface area contributed by atoms with Crippen LogP contribution in [-0.2, 0) is 19.1 Å². The standard InChI is InChI=1S/C31H40ClN5O5.C6H15N.CH5N/c1-7-24(16-42-30(40)25(8-2)18(3)4)35-31-34-14-19(5)28(37-31)22-13-26(33-15-22)29(39)36-27(17-41-20(6)38)21-10-9-11-23(32)12-21;1-5(2)6(3)7-4;1-2/h9-15,18,24-25,27,33H,7-8,16-17H2,1-6H3,(H,36,39)(H,34,35,37);5-7H,1-4H3;2H2,1H3/t24-,25?,27-;6-;/m11./s1. The Balaban J connectivity index is 0.00000129. The summed E-state index contributed by atoms with van der Waals surface area (Å²) in [5.41, 5.74) is 7.68. The van der Waals surface area contributed by atoms with Gasteiger partial charge in [0.1, 0.15) is 18.9 Å². The highest BCUT2D eigenvalue weighted by Crippen LogP contribution is 2.25. The average molecular weight is 730 g/mol. The number of aromatic nitrogens is 3. The predicted octanol–water partition coefficient (Wildman–Crippen LogP) is 6.71.